The molecule has 1 aromatic carbocycles. The average Bonchev–Trinajstić information content (AvgIpc) is 2.54. The summed E-state index contributed by atoms with van der Waals surface area (Å²) in [5, 5.41) is 2.95. The Morgan fingerprint density at radius 3 is 2.67 bits per heavy atom. The lowest BCUT2D eigenvalue weighted by atomic mass is 10.1. The van der Waals surface area contributed by atoms with E-state index in [1.54, 1.807) is 12.3 Å². The molecule has 110 valence electrons. The molecule has 1 atom stereocenters. The van der Waals surface area contributed by atoms with E-state index < -0.39 is 0 Å². The fraction of sp³-hybridized carbons (Fsp3) is 0.250. The Morgan fingerprint density at radius 2 is 2.05 bits per heavy atom. The van der Waals surface area contributed by atoms with Crippen LogP contribution in [0.15, 0.2) is 42.7 Å². The predicted octanol–water partition coefficient (Wildman–Crippen LogP) is 2.04. The molecule has 2 rings (SSSR count). The standard InChI is InChI=1S/C16H19N3O2/c1-11(13-5-3-12(9-17)4-6-13)19-16(20)14-7-8-18-10-15(14)21-2/h3-8,10-11H,9,17H2,1-2H3,(H,19,20). The molecule has 0 bridgehead atoms. The molecule has 5 heteroatoms. The van der Waals surface area contributed by atoms with Crippen LogP contribution in [-0.4, -0.2) is 18.0 Å². The van der Waals surface area contributed by atoms with Gasteiger partial charge in [-0.1, -0.05) is 24.3 Å². The zero-order chi connectivity index (χ0) is 15.2. The Kier molecular flexibility index (Phi) is 4.90. The van der Waals surface area contributed by atoms with Crippen molar-refractivity contribution in [2.45, 2.75) is 19.5 Å². The van der Waals surface area contributed by atoms with Crippen molar-refractivity contribution in [1.82, 2.24) is 10.3 Å². The number of benzene rings is 1. The first-order chi connectivity index (χ1) is 10.2. The van der Waals surface area contributed by atoms with Gasteiger partial charge in [-0.2, -0.15) is 0 Å². The number of nitrogens with two attached hydrogens (primary N) is 1. The molecule has 1 amide bonds. The first-order valence-corrected chi connectivity index (χ1v) is 6.73. The van der Waals surface area contributed by atoms with E-state index in [-0.39, 0.29) is 11.9 Å². The third kappa shape index (κ3) is 3.58. The van der Waals surface area contributed by atoms with Crippen LogP contribution in [0.5, 0.6) is 5.75 Å². The minimum Gasteiger partial charge on any atom is -0.494 e. The highest BCUT2D eigenvalue weighted by Crippen LogP contribution is 2.18. The van der Waals surface area contributed by atoms with Gasteiger partial charge in [-0.3, -0.25) is 9.78 Å². The highest BCUT2D eigenvalue weighted by Gasteiger charge is 2.15. The van der Waals surface area contributed by atoms with Crippen LogP contribution >= 0.6 is 0 Å². The van der Waals surface area contributed by atoms with Crippen LogP contribution in [0.3, 0.4) is 0 Å². The number of amides is 1. The number of ether oxygens (including phenoxy) is 1. The van der Waals surface area contributed by atoms with Gasteiger partial charge in [-0.25, -0.2) is 0 Å². The highest BCUT2D eigenvalue weighted by atomic mass is 16.5. The van der Waals surface area contributed by atoms with Crippen LogP contribution < -0.4 is 15.8 Å². The van der Waals surface area contributed by atoms with Gasteiger partial charge in [-0.05, 0) is 24.1 Å². The first kappa shape index (κ1) is 15.0. The Morgan fingerprint density at radius 1 is 1.33 bits per heavy atom. The predicted molar refractivity (Wildman–Crippen MR) is 81.0 cm³/mol. The first-order valence-electron chi connectivity index (χ1n) is 6.73. The van der Waals surface area contributed by atoms with E-state index in [1.807, 2.05) is 31.2 Å². The molecule has 0 aliphatic heterocycles. The lowest BCUT2D eigenvalue weighted by Gasteiger charge is -2.16. The fourth-order valence-corrected chi connectivity index (χ4v) is 2.03. The van der Waals surface area contributed by atoms with Gasteiger partial charge in [0.1, 0.15) is 5.75 Å². The van der Waals surface area contributed by atoms with Gasteiger partial charge in [0, 0.05) is 12.7 Å². The zero-order valence-electron chi connectivity index (χ0n) is 12.2. The van der Waals surface area contributed by atoms with Crippen molar-refractivity contribution >= 4 is 5.91 Å². The number of hydrogen-bond acceptors (Lipinski definition) is 4. The van der Waals surface area contributed by atoms with Gasteiger partial charge in [0.05, 0.1) is 24.9 Å². The molecule has 0 saturated carbocycles. The second-order valence-corrected chi connectivity index (χ2v) is 4.72. The maximum Gasteiger partial charge on any atom is 0.255 e. The lowest BCUT2D eigenvalue weighted by Crippen LogP contribution is -2.27. The van der Waals surface area contributed by atoms with Crippen molar-refractivity contribution in [3.8, 4) is 5.75 Å². The largest absolute Gasteiger partial charge is 0.494 e. The molecule has 0 radical (unpaired) electrons. The summed E-state index contributed by atoms with van der Waals surface area (Å²) >= 11 is 0. The normalized spacial score (nSPS) is 11.8. The molecular formula is C16H19N3O2. The minimum atomic E-state index is -0.190. The molecule has 0 fully saturated rings. The number of carbonyl (C=O) groups excluding carboxylic acids is 1. The number of hydrogen-bond donors (Lipinski definition) is 2. The van der Waals surface area contributed by atoms with Gasteiger partial charge < -0.3 is 15.8 Å². The summed E-state index contributed by atoms with van der Waals surface area (Å²) in [6, 6.07) is 9.39. The lowest BCUT2D eigenvalue weighted by molar-refractivity contribution is 0.0936. The molecule has 0 aliphatic rings. The third-order valence-corrected chi connectivity index (χ3v) is 3.31. The summed E-state index contributed by atoms with van der Waals surface area (Å²) in [4.78, 5) is 16.2. The molecule has 5 nitrogen and oxygen atoms in total. The monoisotopic (exact) mass is 285 g/mol. The average molecular weight is 285 g/mol. The van der Waals surface area contributed by atoms with Crippen LogP contribution in [-0.2, 0) is 6.54 Å². The number of nitrogens with one attached hydrogen (secondary N) is 1. The van der Waals surface area contributed by atoms with E-state index in [4.69, 9.17) is 10.5 Å². The summed E-state index contributed by atoms with van der Waals surface area (Å²) in [6.45, 7) is 2.44. The van der Waals surface area contributed by atoms with E-state index in [9.17, 15) is 4.79 Å². The summed E-state index contributed by atoms with van der Waals surface area (Å²) in [6.07, 6.45) is 3.09. The highest BCUT2D eigenvalue weighted by molar-refractivity contribution is 5.96. The Hall–Kier alpha value is -2.40. The Bertz CT molecular complexity index is 611. The van der Waals surface area contributed by atoms with Crippen LogP contribution in [0.2, 0.25) is 0 Å². The van der Waals surface area contributed by atoms with Gasteiger partial charge in [0.2, 0.25) is 0 Å². The zero-order valence-corrected chi connectivity index (χ0v) is 12.2. The molecule has 0 saturated heterocycles. The maximum absolute atomic E-state index is 12.3. The quantitative estimate of drug-likeness (QED) is 0.881. The summed E-state index contributed by atoms with van der Waals surface area (Å²) < 4.78 is 5.15. The van der Waals surface area contributed by atoms with Crippen LogP contribution in [0.25, 0.3) is 0 Å². The van der Waals surface area contributed by atoms with Crippen molar-refractivity contribution in [3.63, 3.8) is 0 Å². The smallest absolute Gasteiger partial charge is 0.255 e. The van der Waals surface area contributed by atoms with Crippen molar-refractivity contribution in [2.24, 2.45) is 5.73 Å². The molecule has 2 aromatic rings. The van der Waals surface area contributed by atoms with Gasteiger partial charge in [0.15, 0.2) is 0 Å². The SMILES string of the molecule is COc1cnccc1C(=O)NC(C)c1ccc(CN)cc1. The number of carbonyl (C=O) groups is 1. The van der Waals surface area contributed by atoms with E-state index in [1.165, 1.54) is 13.3 Å². The van der Waals surface area contributed by atoms with Crippen molar-refractivity contribution in [3.05, 3.63) is 59.4 Å². The number of methoxy groups -OCH3 is 1. The van der Waals surface area contributed by atoms with Crippen molar-refractivity contribution in [1.29, 1.82) is 0 Å². The summed E-state index contributed by atoms with van der Waals surface area (Å²) in [5.74, 6) is 0.269. The molecule has 1 aromatic heterocycles. The topological polar surface area (TPSA) is 77.2 Å². The molecule has 1 heterocycles. The van der Waals surface area contributed by atoms with Crippen LogP contribution in [0.4, 0.5) is 0 Å². The Labute approximate surface area is 124 Å². The van der Waals surface area contributed by atoms with E-state index >= 15 is 0 Å². The van der Waals surface area contributed by atoms with Crippen LogP contribution in [0, 0.1) is 0 Å². The fourth-order valence-electron chi connectivity index (χ4n) is 2.03. The number of pyridine rings is 1. The summed E-state index contributed by atoms with van der Waals surface area (Å²) in [7, 11) is 1.52. The number of aromatic nitrogens is 1. The van der Waals surface area contributed by atoms with Gasteiger partial charge >= 0.3 is 0 Å². The number of rotatable bonds is 5. The molecular weight excluding hydrogens is 266 g/mol. The molecule has 0 aliphatic carbocycles. The molecule has 3 N–H and O–H groups in total. The van der Waals surface area contributed by atoms with E-state index in [2.05, 4.69) is 10.3 Å². The van der Waals surface area contributed by atoms with Crippen LogP contribution in [0.1, 0.15) is 34.5 Å². The van der Waals surface area contributed by atoms with Crippen molar-refractivity contribution in [2.75, 3.05) is 7.11 Å². The molecule has 0 spiro atoms. The maximum atomic E-state index is 12.3. The van der Waals surface area contributed by atoms with Gasteiger partial charge in [-0.15, -0.1) is 0 Å². The van der Waals surface area contributed by atoms with E-state index in [0.29, 0.717) is 17.9 Å². The second kappa shape index (κ2) is 6.85. The molecule has 21 heavy (non-hydrogen) atoms. The Balaban J connectivity index is 2.11. The van der Waals surface area contributed by atoms with E-state index in [0.717, 1.165) is 11.1 Å². The number of nitrogens with zero attached hydrogens (tertiary/aromatic N) is 1. The minimum absolute atomic E-state index is 0.109. The second-order valence-electron chi connectivity index (χ2n) is 4.72. The third-order valence-electron chi connectivity index (χ3n) is 3.31. The van der Waals surface area contributed by atoms with Crippen molar-refractivity contribution < 1.29 is 9.53 Å². The molecule has 1 unspecified atom stereocenters. The summed E-state index contributed by atoms with van der Waals surface area (Å²) in [5.41, 5.74) is 8.13. The van der Waals surface area contributed by atoms with Gasteiger partial charge in [0.25, 0.3) is 5.91 Å².